The molecular formula is C51H97N8O16P. The van der Waals surface area contributed by atoms with Gasteiger partial charge in [0.2, 0.25) is 41.4 Å². The van der Waals surface area contributed by atoms with Gasteiger partial charge in [-0.25, -0.2) is 0 Å². The molecule has 0 aromatic rings. The summed E-state index contributed by atoms with van der Waals surface area (Å²) in [5.74, 6) is -1.70. The Bertz CT molecular complexity index is 1570. The van der Waals surface area contributed by atoms with Crippen molar-refractivity contribution < 1.29 is 76.0 Å². The Kier molecular flexibility index (Phi) is 43.6. The SMILES string of the molecule is COCCOCCNC(=O)CCCCCNC(=O)CN(CC(=O)NCCCCCC(=O)NCCOCCOC)C(CCCCNC(=O)C1CCC(OP(C)(=O)O)CC1)C(=O)NCCCCCC(=O)NCCOCCOC. The van der Waals surface area contributed by atoms with Crippen LogP contribution in [0.1, 0.15) is 122 Å². The molecule has 1 rings (SSSR count). The van der Waals surface area contributed by atoms with Crippen molar-refractivity contribution in [2.45, 2.75) is 134 Å². The maximum atomic E-state index is 14.1. The van der Waals surface area contributed by atoms with Crippen molar-refractivity contribution >= 4 is 48.9 Å². The summed E-state index contributed by atoms with van der Waals surface area (Å²) in [6.07, 6.45) is 9.74. The van der Waals surface area contributed by atoms with Gasteiger partial charge in [-0.3, -0.25) is 43.0 Å². The predicted molar refractivity (Wildman–Crippen MR) is 286 cm³/mol. The number of nitrogens with one attached hydrogen (secondary N) is 7. The highest BCUT2D eigenvalue weighted by atomic mass is 31.2. The Hall–Kier alpha value is -3.84. The van der Waals surface area contributed by atoms with Crippen LogP contribution in [-0.2, 0) is 71.1 Å². The third kappa shape index (κ3) is 41.3. The molecule has 1 aliphatic rings. The molecule has 24 nitrogen and oxygen atoms in total. The third-order valence-electron chi connectivity index (χ3n) is 12.2. The van der Waals surface area contributed by atoms with E-state index in [1.807, 2.05) is 0 Å². The van der Waals surface area contributed by atoms with Crippen LogP contribution in [-0.4, -0.2) is 210 Å². The number of carbonyl (C=O) groups excluding carboxylic acids is 7. The molecular weight excluding hydrogens is 1010 g/mol. The van der Waals surface area contributed by atoms with Gasteiger partial charge in [-0.1, -0.05) is 19.3 Å². The average molecular weight is 1110 g/mol. The molecule has 0 spiro atoms. The van der Waals surface area contributed by atoms with Crippen LogP contribution in [0.25, 0.3) is 0 Å². The number of hydrogen-bond acceptors (Lipinski definition) is 16. The largest absolute Gasteiger partial charge is 0.382 e. The summed E-state index contributed by atoms with van der Waals surface area (Å²) in [5.41, 5.74) is 0. The van der Waals surface area contributed by atoms with Crippen molar-refractivity contribution in [2.75, 3.05) is 146 Å². The molecule has 0 radical (unpaired) electrons. The zero-order chi connectivity index (χ0) is 55.9. The molecule has 0 aliphatic heterocycles. The second kappa shape index (κ2) is 47.2. The Morgan fingerprint density at radius 2 is 0.855 bits per heavy atom. The van der Waals surface area contributed by atoms with E-state index in [2.05, 4.69) is 37.2 Å². The molecule has 0 saturated heterocycles. The van der Waals surface area contributed by atoms with Gasteiger partial charge in [0.1, 0.15) is 0 Å². The zero-order valence-corrected chi connectivity index (χ0v) is 47.3. The maximum Gasteiger partial charge on any atom is 0.325 e. The van der Waals surface area contributed by atoms with Crippen molar-refractivity contribution in [1.82, 2.24) is 42.1 Å². The molecule has 7 amide bonds. The van der Waals surface area contributed by atoms with Gasteiger partial charge in [0.05, 0.1) is 84.7 Å². The van der Waals surface area contributed by atoms with Gasteiger partial charge in [0.25, 0.3) is 0 Å². The lowest BCUT2D eigenvalue weighted by Gasteiger charge is -2.30. The van der Waals surface area contributed by atoms with Crippen LogP contribution in [0.15, 0.2) is 0 Å². The number of unbranched alkanes of at least 4 members (excludes halogenated alkanes) is 7. The van der Waals surface area contributed by atoms with Crippen molar-refractivity contribution in [3.63, 3.8) is 0 Å². The van der Waals surface area contributed by atoms with E-state index < -0.39 is 13.6 Å². The minimum atomic E-state index is -3.63. The Labute approximate surface area is 452 Å². The van der Waals surface area contributed by atoms with Crippen LogP contribution >= 0.6 is 7.60 Å². The number of amides is 7. The summed E-state index contributed by atoms with van der Waals surface area (Å²) in [4.78, 5) is 102. The molecule has 0 bridgehead atoms. The van der Waals surface area contributed by atoms with E-state index in [4.69, 9.17) is 32.9 Å². The molecule has 1 fully saturated rings. The first-order chi connectivity index (χ1) is 36.7. The van der Waals surface area contributed by atoms with Gasteiger partial charge >= 0.3 is 7.60 Å². The lowest BCUT2D eigenvalue weighted by molar-refractivity contribution is -0.132. The fraction of sp³-hybridized carbons (Fsp3) is 0.863. The second-order valence-electron chi connectivity index (χ2n) is 18.9. The van der Waals surface area contributed by atoms with E-state index in [0.29, 0.717) is 221 Å². The number of nitrogens with zero attached hydrogens (tertiary/aromatic N) is 1. The van der Waals surface area contributed by atoms with Gasteiger partial charge in [-0.15, -0.1) is 0 Å². The van der Waals surface area contributed by atoms with Gasteiger partial charge in [0.15, 0.2) is 0 Å². The molecule has 1 saturated carbocycles. The number of carbonyl (C=O) groups is 7. The number of ether oxygens (including phenoxy) is 6. The zero-order valence-electron chi connectivity index (χ0n) is 46.4. The smallest absolute Gasteiger partial charge is 0.325 e. The molecule has 0 aromatic carbocycles. The highest BCUT2D eigenvalue weighted by molar-refractivity contribution is 7.51. The summed E-state index contributed by atoms with van der Waals surface area (Å²) in [6, 6.07) is -0.881. The summed E-state index contributed by atoms with van der Waals surface area (Å²) in [6.45, 7) is 7.16. The molecule has 1 aliphatic carbocycles. The van der Waals surface area contributed by atoms with Gasteiger partial charge < -0.3 is 75.1 Å². The minimum Gasteiger partial charge on any atom is -0.382 e. The van der Waals surface area contributed by atoms with Crippen molar-refractivity contribution in [3.8, 4) is 0 Å². The fourth-order valence-electron chi connectivity index (χ4n) is 8.10. The van der Waals surface area contributed by atoms with E-state index in [1.54, 1.807) is 26.2 Å². The maximum absolute atomic E-state index is 14.1. The molecule has 442 valence electrons. The molecule has 2 atom stereocenters. The van der Waals surface area contributed by atoms with E-state index in [-0.39, 0.29) is 72.9 Å². The highest BCUT2D eigenvalue weighted by Gasteiger charge is 2.31. The van der Waals surface area contributed by atoms with Crippen LogP contribution in [0, 0.1) is 5.92 Å². The van der Waals surface area contributed by atoms with Crippen LogP contribution in [0.2, 0.25) is 0 Å². The monoisotopic (exact) mass is 1110 g/mol. The first-order valence-corrected chi connectivity index (χ1v) is 29.5. The van der Waals surface area contributed by atoms with E-state index in [0.717, 1.165) is 6.66 Å². The quantitative estimate of drug-likeness (QED) is 0.0318. The van der Waals surface area contributed by atoms with Gasteiger partial charge in [-0.2, -0.15) is 0 Å². The molecule has 0 aromatic heterocycles. The number of rotatable bonds is 50. The van der Waals surface area contributed by atoms with Gasteiger partial charge in [-0.05, 0) is 83.5 Å². The molecule has 0 heterocycles. The lowest BCUT2D eigenvalue weighted by atomic mass is 9.87. The Morgan fingerprint density at radius 1 is 0.474 bits per heavy atom. The highest BCUT2D eigenvalue weighted by Crippen LogP contribution is 2.42. The first-order valence-electron chi connectivity index (χ1n) is 27.5. The normalized spacial score (nSPS) is 15.6. The Balaban J connectivity index is 2.94. The van der Waals surface area contributed by atoms with Crippen molar-refractivity contribution in [1.29, 1.82) is 0 Å². The van der Waals surface area contributed by atoms with E-state index in [1.165, 1.54) is 0 Å². The lowest BCUT2D eigenvalue weighted by Crippen LogP contribution is -2.53. The first kappa shape index (κ1) is 70.2. The summed E-state index contributed by atoms with van der Waals surface area (Å²) >= 11 is 0. The van der Waals surface area contributed by atoms with E-state index in [9.17, 15) is 43.0 Å². The minimum absolute atomic E-state index is 0.0820. The number of hydrogen-bond donors (Lipinski definition) is 8. The Morgan fingerprint density at radius 3 is 1.26 bits per heavy atom. The molecule has 25 heteroatoms. The fourth-order valence-corrected chi connectivity index (χ4v) is 8.86. The predicted octanol–water partition coefficient (Wildman–Crippen LogP) is 1.70. The summed E-state index contributed by atoms with van der Waals surface area (Å²) < 4.78 is 47.9. The van der Waals surface area contributed by atoms with Crippen LogP contribution in [0.5, 0.6) is 0 Å². The third-order valence-corrected chi connectivity index (χ3v) is 12.9. The van der Waals surface area contributed by atoms with Crippen molar-refractivity contribution in [3.05, 3.63) is 0 Å². The van der Waals surface area contributed by atoms with E-state index >= 15 is 0 Å². The topological polar surface area (TPSA) is 309 Å². The number of methoxy groups -OCH3 is 3. The second-order valence-corrected chi connectivity index (χ2v) is 20.7. The standard InChI is InChI=1S/C51H97N8O16P/c1-69-34-37-72-31-28-54-45(60)17-8-5-12-24-52-48(63)40-59(41-49(64)53-25-13-6-9-18-46(61)55-29-32-73-38-35-70-2)44(51(66)58-26-14-7-10-19-47(62)56-30-33-74-39-36-71-3)16-11-15-27-57-50(65)42-20-22-43(23-21-42)75-76(4,67)68/h42-44H,5-41H2,1-4H3,(H,52,63)(H,53,64)(H,54,60)(H,55,61)(H,56,62)(H,57,65)(H,58,66)(H,67,68). The molecule has 8 N–H and O–H groups in total. The summed E-state index contributed by atoms with van der Waals surface area (Å²) in [5, 5.41) is 20.3. The average Bonchev–Trinajstić information content (AvgIpc) is 3.38. The van der Waals surface area contributed by atoms with Crippen LogP contribution in [0.3, 0.4) is 0 Å². The molecule has 2 unspecified atom stereocenters. The molecule has 76 heavy (non-hydrogen) atoms. The van der Waals surface area contributed by atoms with Crippen LogP contribution in [0.4, 0.5) is 0 Å². The van der Waals surface area contributed by atoms with Crippen LogP contribution < -0.4 is 37.2 Å². The van der Waals surface area contributed by atoms with Gasteiger partial charge in [0, 0.05) is 99.0 Å². The van der Waals surface area contributed by atoms with Crippen molar-refractivity contribution in [2.24, 2.45) is 5.92 Å². The summed E-state index contributed by atoms with van der Waals surface area (Å²) in [7, 11) is 1.14.